The fourth-order valence-electron chi connectivity index (χ4n) is 2.14. The van der Waals surface area contributed by atoms with E-state index < -0.39 is 16.9 Å². The summed E-state index contributed by atoms with van der Waals surface area (Å²) in [7, 11) is -5.13. The summed E-state index contributed by atoms with van der Waals surface area (Å²) >= 11 is 0. The van der Waals surface area contributed by atoms with Crippen molar-refractivity contribution in [1.82, 2.24) is 0 Å². The second-order valence-corrected chi connectivity index (χ2v) is 11.4. The van der Waals surface area contributed by atoms with Gasteiger partial charge in [0.1, 0.15) is 0 Å². The van der Waals surface area contributed by atoms with Gasteiger partial charge in [-0.05, 0) is 31.9 Å². The zero-order chi connectivity index (χ0) is 13.4. The smallest absolute Gasteiger partial charge is 0.327 e. The molecule has 0 saturated heterocycles. The Hall–Kier alpha value is -0.473. The molecule has 1 nitrogen and oxygen atoms in total. The van der Waals surface area contributed by atoms with Gasteiger partial charge in [-0.3, -0.25) is 0 Å². The number of hydrogen-bond acceptors (Lipinski definition) is 1. The maximum atomic E-state index is 13.4. The van der Waals surface area contributed by atoms with Crippen molar-refractivity contribution in [3.05, 3.63) is 28.8 Å². The summed E-state index contributed by atoms with van der Waals surface area (Å²) in [6.07, 6.45) is 0. The molecule has 0 N–H and O–H groups in total. The minimum atomic E-state index is -3.08. The molecule has 5 heteroatoms. The number of anilines is 1. The Morgan fingerprint density at radius 1 is 1.00 bits per heavy atom. The fraction of sp³-hybridized carbons (Fsp3) is 0.500. The van der Waals surface area contributed by atoms with Crippen molar-refractivity contribution in [2.45, 2.75) is 40.4 Å². The third kappa shape index (κ3) is 3.26. The number of rotatable bonds is 3. The molecule has 0 aliphatic rings. The summed E-state index contributed by atoms with van der Waals surface area (Å²) < 4.78 is 28.1. The van der Waals surface area contributed by atoms with Gasteiger partial charge in [-0.15, -0.1) is 0 Å². The van der Waals surface area contributed by atoms with E-state index in [0.29, 0.717) is 0 Å². The van der Waals surface area contributed by atoms with E-state index >= 15 is 0 Å². The van der Waals surface area contributed by atoms with Gasteiger partial charge < -0.3 is 4.34 Å². The molecule has 0 spiro atoms. The molecule has 1 rings (SSSR count). The van der Waals surface area contributed by atoms with Crippen LogP contribution in [-0.4, -0.2) is 8.24 Å². The SMILES string of the molecule is Cc1cc(C)c(N(P(F)F)[Si](C)(C)C)c(C)c1. The van der Waals surface area contributed by atoms with Crippen LogP contribution in [0.4, 0.5) is 14.1 Å². The lowest BCUT2D eigenvalue weighted by Crippen LogP contribution is -2.42. The van der Waals surface area contributed by atoms with Crippen LogP contribution in [0, 0.1) is 20.8 Å². The number of nitrogens with zero attached hydrogens (tertiary/aromatic N) is 1. The van der Waals surface area contributed by atoms with E-state index in [1.807, 2.05) is 52.5 Å². The molecule has 96 valence electrons. The van der Waals surface area contributed by atoms with E-state index in [4.69, 9.17) is 0 Å². The summed E-state index contributed by atoms with van der Waals surface area (Å²) in [6, 6.07) is 3.96. The van der Waals surface area contributed by atoms with Gasteiger partial charge in [-0.25, -0.2) is 0 Å². The average molecular weight is 275 g/mol. The zero-order valence-corrected chi connectivity index (χ0v) is 13.2. The van der Waals surface area contributed by atoms with Crippen LogP contribution in [-0.2, 0) is 0 Å². The first-order valence-electron chi connectivity index (χ1n) is 5.64. The third-order valence-electron chi connectivity index (χ3n) is 2.63. The van der Waals surface area contributed by atoms with Crippen LogP contribution in [0.3, 0.4) is 0 Å². The molecule has 0 saturated carbocycles. The van der Waals surface area contributed by atoms with Crippen LogP contribution in [0.5, 0.6) is 0 Å². The lowest BCUT2D eigenvalue weighted by molar-refractivity contribution is 0.743. The molecule has 1 aromatic rings. The largest absolute Gasteiger partial charge is 0.365 e. The number of halogens is 2. The lowest BCUT2D eigenvalue weighted by Gasteiger charge is -2.36. The highest BCUT2D eigenvalue weighted by atomic mass is 31.2. The molecule has 0 radical (unpaired) electrons. The Balaban J connectivity index is 3.39. The number of hydrogen-bond donors (Lipinski definition) is 0. The predicted octanol–water partition coefficient (Wildman–Crippen LogP) is 5.42. The maximum absolute atomic E-state index is 13.4. The van der Waals surface area contributed by atoms with Crippen LogP contribution >= 0.6 is 8.69 Å². The normalized spacial score (nSPS) is 12.1. The third-order valence-corrected chi connectivity index (χ3v) is 6.88. The highest BCUT2D eigenvalue weighted by Gasteiger charge is 2.34. The van der Waals surface area contributed by atoms with Gasteiger partial charge in [0.2, 0.25) is 0 Å². The molecule has 0 heterocycles. The van der Waals surface area contributed by atoms with Gasteiger partial charge in [-0.2, -0.15) is 8.39 Å². The summed E-state index contributed by atoms with van der Waals surface area (Å²) in [5.74, 6) is 0. The van der Waals surface area contributed by atoms with Crippen LogP contribution < -0.4 is 4.34 Å². The van der Waals surface area contributed by atoms with Crippen molar-refractivity contribution in [3.63, 3.8) is 0 Å². The van der Waals surface area contributed by atoms with E-state index in [1.54, 1.807) is 0 Å². The summed E-state index contributed by atoms with van der Waals surface area (Å²) in [4.78, 5) is 0. The van der Waals surface area contributed by atoms with E-state index in [2.05, 4.69) is 0 Å². The van der Waals surface area contributed by atoms with Gasteiger partial charge in [0.05, 0.1) is 0 Å². The van der Waals surface area contributed by atoms with Crippen LogP contribution in [0.25, 0.3) is 0 Å². The van der Waals surface area contributed by atoms with Crippen molar-refractivity contribution < 1.29 is 8.39 Å². The predicted molar refractivity (Wildman–Crippen MR) is 75.6 cm³/mol. The maximum Gasteiger partial charge on any atom is 0.365 e. The first-order valence-corrected chi connectivity index (χ1v) is 10.2. The standard InChI is InChI=1S/C12H20F2NPSi/c1-9-7-10(2)12(11(3)8-9)15(16(13)14)17(4,5)6/h7-8H,1-6H3. The quantitative estimate of drug-likeness (QED) is 0.526. The molecule has 0 bridgehead atoms. The molecule has 1 aromatic carbocycles. The van der Waals surface area contributed by atoms with E-state index in [0.717, 1.165) is 22.4 Å². The van der Waals surface area contributed by atoms with E-state index in [9.17, 15) is 8.39 Å². The summed E-state index contributed by atoms with van der Waals surface area (Å²) in [5.41, 5.74) is 3.77. The number of aryl methyl sites for hydroxylation is 3. The molecule has 0 atom stereocenters. The Morgan fingerprint density at radius 2 is 1.41 bits per heavy atom. The summed E-state index contributed by atoms with van der Waals surface area (Å²) in [6.45, 7) is 11.7. The molecule has 0 unspecified atom stereocenters. The Kier molecular flexibility index (Phi) is 4.31. The van der Waals surface area contributed by atoms with Crippen LogP contribution in [0.1, 0.15) is 16.7 Å². The van der Waals surface area contributed by atoms with Crippen LogP contribution in [0.2, 0.25) is 19.6 Å². The topological polar surface area (TPSA) is 3.24 Å². The second-order valence-electron chi connectivity index (χ2n) is 5.45. The highest BCUT2D eigenvalue weighted by Crippen LogP contribution is 2.51. The van der Waals surface area contributed by atoms with Crippen LogP contribution in [0.15, 0.2) is 12.1 Å². The van der Waals surface area contributed by atoms with Crippen molar-refractivity contribution >= 4 is 22.6 Å². The highest BCUT2D eigenvalue weighted by molar-refractivity contribution is 7.52. The monoisotopic (exact) mass is 275 g/mol. The molecule has 0 amide bonds. The summed E-state index contributed by atoms with van der Waals surface area (Å²) in [5, 5.41) is 0. The van der Waals surface area contributed by atoms with Gasteiger partial charge in [0, 0.05) is 5.69 Å². The van der Waals surface area contributed by atoms with E-state index in [-0.39, 0.29) is 0 Å². The Bertz CT molecular complexity index is 392. The van der Waals surface area contributed by atoms with Crippen molar-refractivity contribution in [1.29, 1.82) is 0 Å². The first kappa shape index (κ1) is 14.6. The van der Waals surface area contributed by atoms with Gasteiger partial charge in [0.15, 0.2) is 8.24 Å². The molecule has 0 fully saturated rings. The van der Waals surface area contributed by atoms with Crippen molar-refractivity contribution in [3.8, 4) is 0 Å². The van der Waals surface area contributed by atoms with Gasteiger partial charge in [-0.1, -0.05) is 37.3 Å². The van der Waals surface area contributed by atoms with E-state index in [1.165, 1.54) is 4.34 Å². The van der Waals surface area contributed by atoms with Crippen molar-refractivity contribution in [2.75, 3.05) is 4.34 Å². The Labute approximate surface area is 105 Å². The van der Waals surface area contributed by atoms with Gasteiger partial charge in [0.25, 0.3) is 0 Å². The van der Waals surface area contributed by atoms with Gasteiger partial charge >= 0.3 is 8.69 Å². The Morgan fingerprint density at radius 3 is 1.71 bits per heavy atom. The molecular formula is C12H20F2NPSi. The van der Waals surface area contributed by atoms with Crippen molar-refractivity contribution in [2.24, 2.45) is 0 Å². The minimum absolute atomic E-state index is 0.742. The molecule has 0 aliphatic carbocycles. The lowest BCUT2D eigenvalue weighted by atomic mass is 10.1. The molecule has 17 heavy (non-hydrogen) atoms. The minimum Gasteiger partial charge on any atom is -0.327 e. The molecule has 0 aliphatic heterocycles. The molecular weight excluding hydrogens is 255 g/mol. The second kappa shape index (κ2) is 5.03. The number of benzene rings is 1. The fourth-order valence-corrected chi connectivity index (χ4v) is 5.45. The average Bonchev–Trinajstić information content (AvgIpc) is 2.07. The molecule has 0 aromatic heterocycles. The zero-order valence-electron chi connectivity index (χ0n) is 11.3. The first-order chi connectivity index (χ1) is 7.64.